The van der Waals surface area contributed by atoms with Crippen LogP contribution in [0.3, 0.4) is 0 Å². The summed E-state index contributed by atoms with van der Waals surface area (Å²) in [6, 6.07) is 12.3. The Hall–Kier alpha value is -3.65. The zero-order chi connectivity index (χ0) is 23.1. The average molecular weight is 445 g/mol. The average Bonchev–Trinajstić information content (AvgIpc) is 3.50. The first kappa shape index (κ1) is 21.2. The van der Waals surface area contributed by atoms with Crippen LogP contribution in [0, 0.1) is 6.92 Å². The van der Waals surface area contributed by atoms with Gasteiger partial charge in [-0.25, -0.2) is 9.78 Å². The lowest BCUT2D eigenvalue weighted by atomic mass is 10.1. The molecule has 1 amide bonds. The van der Waals surface area contributed by atoms with Crippen LogP contribution in [0.15, 0.2) is 36.4 Å². The molecule has 2 aromatic heterocycles. The Kier molecular flexibility index (Phi) is 5.38. The second-order valence-corrected chi connectivity index (χ2v) is 8.38. The minimum Gasteiger partial charge on any atom is -0.405 e. The lowest BCUT2D eigenvalue weighted by molar-refractivity contribution is 0.157. The van der Waals surface area contributed by atoms with Crippen molar-refractivity contribution >= 4 is 17.1 Å². The SMILES string of the molecule is CCN(CC)C(=O)Oc1c(-c2ccc(C)cc2)nn(C)c1-c1nc2cc3c(cc2[nH]1)CNC3. The molecule has 0 radical (unpaired) electrons. The van der Waals surface area contributed by atoms with E-state index in [2.05, 4.69) is 22.4 Å². The first-order valence-electron chi connectivity index (χ1n) is 11.3. The number of hydrogen-bond donors (Lipinski definition) is 2. The fraction of sp³-hybridized carbons (Fsp3) is 0.320. The summed E-state index contributed by atoms with van der Waals surface area (Å²) in [6.45, 7) is 8.74. The van der Waals surface area contributed by atoms with Gasteiger partial charge in [0.2, 0.25) is 0 Å². The quantitative estimate of drug-likeness (QED) is 0.477. The highest BCUT2D eigenvalue weighted by atomic mass is 16.6. The van der Waals surface area contributed by atoms with Crippen LogP contribution in [0.2, 0.25) is 0 Å². The molecule has 0 atom stereocenters. The number of rotatable bonds is 5. The molecule has 1 aliphatic rings. The third kappa shape index (κ3) is 3.76. The molecule has 170 valence electrons. The molecule has 0 aliphatic carbocycles. The van der Waals surface area contributed by atoms with Crippen molar-refractivity contribution in [2.75, 3.05) is 13.1 Å². The monoisotopic (exact) mass is 444 g/mol. The van der Waals surface area contributed by atoms with Gasteiger partial charge in [-0.3, -0.25) is 4.68 Å². The van der Waals surface area contributed by atoms with Crippen LogP contribution in [0.4, 0.5) is 4.79 Å². The van der Waals surface area contributed by atoms with Crippen molar-refractivity contribution in [3.8, 4) is 28.5 Å². The molecule has 0 saturated heterocycles. The summed E-state index contributed by atoms with van der Waals surface area (Å²) in [5, 5.41) is 8.10. The van der Waals surface area contributed by atoms with Gasteiger partial charge in [0, 0.05) is 38.8 Å². The summed E-state index contributed by atoms with van der Waals surface area (Å²) in [6.07, 6.45) is -0.399. The maximum absolute atomic E-state index is 12.9. The second kappa shape index (κ2) is 8.37. The molecule has 3 heterocycles. The first-order chi connectivity index (χ1) is 16.0. The summed E-state index contributed by atoms with van der Waals surface area (Å²) in [5.41, 5.74) is 7.65. The van der Waals surface area contributed by atoms with Gasteiger partial charge in [-0.2, -0.15) is 5.10 Å². The van der Waals surface area contributed by atoms with Crippen LogP contribution >= 0.6 is 0 Å². The lowest BCUT2D eigenvalue weighted by Gasteiger charge is -2.18. The van der Waals surface area contributed by atoms with Crippen molar-refractivity contribution in [3.63, 3.8) is 0 Å². The molecular formula is C25H28N6O2. The number of ether oxygens (including phenoxy) is 1. The highest BCUT2D eigenvalue weighted by Crippen LogP contribution is 2.39. The Labute approximate surface area is 192 Å². The highest BCUT2D eigenvalue weighted by Gasteiger charge is 2.27. The molecule has 33 heavy (non-hydrogen) atoms. The summed E-state index contributed by atoms with van der Waals surface area (Å²) in [7, 11) is 1.85. The molecule has 2 N–H and O–H groups in total. The van der Waals surface area contributed by atoms with E-state index in [0.29, 0.717) is 36.1 Å². The zero-order valence-corrected chi connectivity index (χ0v) is 19.4. The minimum atomic E-state index is -0.399. The molecule has 8 heteroatoms. The summed E-state index contributed by atoms with van der Waals surface area (Å²) in [5.74, 6) is 1.03. The number of nitrogens with one attached hydrogen (secondary N) is 2. The Morgan fingerprint density at radius 3 is 2.52 bits per heavy atom. The standard InChI is InChI=1S/C25H28N6O2/c1-5-31(6-2)25(32)33-23-21(16-9-7-15(3)8-10-16)29-30(4)22(23)24-27-19-11-17-13-26-14-18(17)12-20(19)28-24/h7-12,26H,5-6,13-14H2,1-4H3,(H,27,28). The van der Waals surface area contributed by atoms with Gasteiger partial charge in [0.1, 0.15) is 11.4 Å². The fourth-order valence-corrected chi connectivity index (χ4v) is 4.31. The number of aryl methyl sites for hydroxylation is 2. The number of fused-ring (bicyclic) bond motifs is 2. The molecule has 0 saturated carbocycles. The number of aromatic nitrogens is 4. The second-order valence-electron chi connectivity index (χ2n) is 8.38. The van der Waals surface area contributed by atoms with E-state index in [1.54, 1.807) is 9.58 Å². The van der Waals surface area contributed by atoms with Gasteiger partial charge < -0.3 is 19.9 Å². The maximum atomic E-state index is 12.9. The molecule has 1 aliphatic heterocycles. The van der Waals surface area contributed by atoms with E-state index in [1.165, 1.54) is 11.1 Å². The maximum Gasteiger partial charge on any atom is 0.415 e. The number of hydrogen-bond acceptors (Lipinski definition) is 5. The number of H-pyrrole nitrogens is 1. The minimum absolute atomic E-state index is 0.399. The number of benzene rings is 2. The lowest BCUT2D eigenvalue weighted by Crippen LogP contribution is -2.33. The Bertz CT molecular complexity index is 1290. The van der Waals surface area contributed by atoms with Crippen molar-refractivity contribution < 1.29 is 9.53 Å². The van der Waals surface area contributed by atoms with Crippen LogP contribution in [-0.2, 0) is 20.1 Å². The third-order valence-corrected chi connectivity index (χ3v) is 6.20. The summed E-state index contributed by atoms with van der Waals surface area (Å²) in [4.78, 5) is 22.9. The topological polar surface area (TPSA) is 88.1 Å². The predicted octanol–water partition coefficient (Wildman–Crippen LogP) is 4.38. The van der Waals surface area contributed by atoms with E-state index in [4.69, 9.17) is 14.8 Å². The van der Waals surface area contributed by atoms with E-state index >= 15 is 0 Å². The van der Waals surface area contributed by atoms with Crippen molar-refractivity contribution in [3.05, 3.63) is 53.1 Å². The van der Waals surface area contributed by atoms with E-state index in [0.717, 1.165) is 35.2 Å². The van der Waals surface area contributed by atoms with Gasteiger partial charge in [0.15, 0.2) is 11.6 Å². The molecule has 0 spiro atoms. The van der Waals surface area contributed by atoms with E-state index in [1.807, 2.05) is 52.1 Å². The zero-order valence-electron chi connectivity index (χ0n) is 19.4. The number of carbonyl (C=O) groups is 1. The Morgan fingerprint density at radius 2 is 1.82 bits per heavy atom. The molecule has 8 nitrogen and oxygen atoms in total. The molecule has 0 fully saturated rings. The molecule has 4 aromatic rings. The molecular weight excluding hydrogens is 416 g/mol. The van der Waals surface area contributed by atoms with Gasteiger partial charge in [-0.1, -0.05) is 29.8 Å². The van der Waals surface area contributed by atoms with Gasteiger partial charge in [-0.15, -0.1) is 0 Å². The Morgan fingerprint density at radius 1 is 1.12 bits per heavy atom. The first-order valence-corrected chi connectivity index (χ1v) is 11.3. The third-order valence-electron chi connectivity index (χ3n) is 6.20. The highest BCUT2D eigenvalue weighted by molar-refractivity contribution is 5.86. The van der Waals surface area contributed by atoms with Crippen molar-refractivity contribution in [1.82, 2.24) is 30.0 Å². The Balaban J connectivity index is 1.65. The normalized spacial score (nSPS) is 12.8. The van der Waals surface area contributed by atoms with E-state index < -0.39 is 6.09 Å². The van der Waals surface area contributed by atoms with Crippen molar-refractivity contribution in [1.29, 1.82) is 0 Å². The molecule has 0 bridgehead atoms. The van der Waals surface area contributed by atoms with Gasteiger partial charge in [0.25, 0.3) is 0 Å². The van der Waals surface area contributed by atoms with Crippen LogP contribution < -0.4 is 10.1 Å². The number of aromatic amines is 1. The largest absolute Gasteiger partial charge is 0.415 e. The number of imidazole rings is 1. The van der Waals surface area contributed by atoms with E-state index in [9.17, 15) is 4.79 Å². The summed E-state index contributed by atoms with van der Waals surface area (Å²) < 4.78 is 7.72. The molecule has 5 rings (SSSR count). The smallest absolute Gasteiger partial charge is 0.405 e. The van der Waals surface area contributed by atoms with E-state index in [-0.39, 0.29) is 0 Å². The van der Waals surface area contributed by atoms with Crippen molar-refractivity contribution in [2.24, 2.45) is 7.05 Å². The van der Waals surface area contributed by atoms with Crippen molar-refractivity contribution in [2.45, 2.75) is 33.9 Å². The van der Waals surface area contributed by atoms with Crippen LogP contribution in [0.1, 0.15) is 30.5 Å². The van der Waals surface area contributed by atoms with Crippen LogP contribution in [0.25, 0.3) is 33.8 Å². The van der Waals surface area contributed by atoms with Gasteiger partial charge >= 0.3 is 6.09 Å². The van der Waals surface area contributed by atoms with Gasteiger partial charge in [0.05, 0.1) is 11.0 Å². The molecule has 0 unspecified atom stereocenters. The fourth-order valence-electron chi connectivity index (χ4n) is 4.31. The van der Waals surface area contributed by atoms with Crippen LogP contribution in [0.5, 0.6) is 5.75 Å². The number of carbonyl (C=O) groups excluding carboxylic acids is 1. The number of nitrogens with zero attached hydrogens (tertiary/aromatic N) is 4. The summed E-state index contributed by atoms with van der Waals surface area (Å²) >= 11 is 0. The van der Waals surface area contributed by atoms with Gasteiger partial charge in [-0.05, 0) is 44.0 Å². The molecule has 2 aromatic carbocycles. The predicted molar refractivity (Wildman–Crippen MR) is 128 cm³/mol. The van der Waals surface area contributed by atoms with Crippen LogP contribution in [-0.4, -0.2) is 43.8 Å². The number of amides is 1.